The van der Waals surface area contributed by atoms with E-state index in [1.54, 1.807) is 6.07 Å². The molecule has 128 valence electrons. The van der Waals surface area contributed by atoms with Gasteiger partial charge >= 0.3 is 0 Å². The van der Waals surface area contributed by atoms with Gasteiger partial charge in [-0.3, -0.25) is 4.79 Å². The minimum absolute atomic E-state index is 0.171. The topological polar surface area (TPSA) is 63.5 Å². The van der Waals surface area contributed by atoms with Gasteiger partial charge in [-0.15, -0.1) is 0 Å². The third-order valence-electron chi connectivity index (χ3n) is 4.33. The molecule has 2 aromatic rings. The van der Waals surface area contributed by atoms with E-state index in [4.69, 9.17) is 9.15 Å². The molecule has 5 nitrogen and oxygen atoms in total. The molecule has 0 saturated carbocycles. The quantitative estimate of drug-likeness (QED) is 0.820. The summed E-state index contributed by atoms with van der Waals surface area (Å²) in [6.45, 7) is 3.15. The summed E-state index contributed by atoms with van der Waals surface area (Å²) in [5, 5.41) is 6.35. The maximum atomic E-state index is 12.3. The van der Waals surface area contributed by atoms with Crippen LogP contribution in [0.1, 0.15) is 35.4 Å². The number of benzene rings is 1. The number of hydrogen-bond acceptors (Lipinski definition) is 4. The van der Waals surface area contributed by atoms with E-state index in [2.05, 4.69) is 10.6 Å². The lowest BCUT2D eigenvalue weighted by Gasteiger charge is -2.22. The second-order valence-corrected chi connectivity index (χ2v) is 6.13. The van der Waals surface area contributed by atoms with Crippen LogP contribution >= 0.6 is 0 Å². The zero-order chi connectivity index (χ0) is 16.6. The van der Waals surface area contributed by atoms with Crippen LogP contribution in [-0.2, 0) is 6.61 Å². The highest BCUT2D eigenvalue weighted by atomic mass is 16.5. The highest BCUT2D eigenvalue weighted by molar-refractivity contribution is 5.92. The normalized spacial score (nSPS) is 17.4. The van der Waals surface area contributed by atoms with Gasteiger partial charge in [0.05, 0.1) is 6.26 Å². The van der Waals surface area contributed by atoms with Gasteiger partial charge < -0.3 is 19.8 Å². The molecule has 24 heavy (non-hydrogen) atoms. The Morgan fingerprint density at radius 3 is 2.96 bits per heavy atom. The van der Waals surface area contributed by atoms with Gasteiger partial charge in [0.2, 0.25) is 0 Å². The molecule has 1 aromatic heterocycles. The summed E-state index contributed by atoms with van der Waals surface area (Å²) in [6, 6.07) is 11.3. The molecule has 2 heterocycles. The summed E-state index contributed by atoms with van der Waals surface area (Å²) in [7, 11) is 0. The van der Waals surface area contributed by atoms with E-state index in [1.807, 2.05) is 30.3 Å². The fraction of sp³-hybridized carbons (Fsp3) is 0.421. The van der Waals surface area contributed by atoms with Gasteiger partial charge in [-0.05, 0) is 56.5 Å². The summed E-state index contributed by atoms with van der Waals surface area (Å²) < 4.78 is 11.0. The molecule has 1 aliphatic rings. The van der Waals surface area contributed by atoms with E-state index in [-0.39, 0.29) is 5.91 Å². The fourth-order valence-electron chi connectivity index (χ4n) is 2.97. The predicted molar refractivity (Wildman–Crippen MR) is 92.0 cm³/mol. The number of nitrogens with one attached hydrogen (secondary N) is 2. The number of furan rings is 1. The Hall–Kier alpha value is -2.27. The molecular formula is C19H24N2O3. The van der Waals surface area contributed by atoms with Crippen molar-refractivity contribution in [3.8, 4) is 5.75 Å². The van der Waals surface area contributed by atoms with Crippen LogP contribution in [-0.4, -0.2) is 25.5 Å². The monoisotopic (exact) mass is 328 g/mol. The van der Waals surface area contributed by atoms with Gasteiger partial charge in [-0.25, -0.2) is 0 Å². The van der Waals surface area contributed by atoms with Crippen molar-refractivity contribution in [2.75, 3.05) is 19.6 Å². The molecule has 2 N–H and O–H groups in total. The summed E-state index contributed by atoms with van der Waals surface area (Å²) in [6.07, 6.45) is 4.98. The van der Waals surface area contributed by atoms with Crippen molar-refractivity contribution in [3.05, 3.63) is 54.0 Å². The van der Waals surface area contributed by atoms with Crippen molar-refractivity contribution >= 4 is 5.91 Å². The Bertz CT molecular complexity index is 633. The van der Waals surface area contributed by atoms with E-state index in [9.17, 15) is 4.79 Å². The smallest absolute Gasteiger partial charge is 0.287 e. The Morgan fingerprint density at radius 1 is 1.29 bits per heavy atom. The summed E-state index contributed by atoms with van der Waals surface area (Å²) in [5.41, 5.74) is 0.760. The van der Waals surface area contributed by atoms with Gasteiger partial charge in [0.15, 0.2) is 5.76 Å². The standard InChI is InChI=1S/C19H24N2O3/c22-19(21-11-8-15-5-4-10-20-13-15)18-16(9-12-23-18)14-24-17-6-2-1-3-7-17/h1-3,6-7,9,12,15,20H,4-5,8,10-11,13-14H2,(H,21,22). The number of ether oxygens (including phenoxy) is 1. The lowest BCUT2D eigenvalue weighted by Crippen LogP contribution is -2.33. The maximum Gasteiger partial charge on any atom is 0.287 e. The minimum Gasteiger partial charge on any atom is -0.489 e. The van der Waals surface area contributed by atoms with Gasteiger partial charge in [-0.1, -0.05) is 18.2 Å². The number of amides is 1. The van der Waals surface area contributed by atoms with E-state index < -0.39 is 0 Å². The first-order valence-electron chi connectivity index (χ1n) is 8.56. The molecule has 0 spiro atoms. The van der Waals surface area contributed by atoms with Crippen molar-refractivity contribution in [2.24, 2.45) is 5.92 Å². The van der Waals surface area contributed by atoms with Crippen LogP contribution in [0.25, 0.3) is 0 Å². The van der Waals surface area contributed by atoms with Crippen molar-refractivity contribution in [2.45, 2.75) is 25.9 Å². The molecule has 1 unspecified atom stereocenters. The van der Waals surface area contributed by atoms with E-state index in [1.165, 1.54) is 19.1 Å². The number of piperidine rings is 1. The summed E-state index contributed by atoms with van der Waals surface area (Å²) in [5.74, 6) is 1.59. The van der Waals surface area contributed by atoms with Crippen LogP contribution in [0.3, 0.4) is 0 Å². The second kappa shape index (κ2) is 8.55. The third-order valence-corrected chi connectivity index (χ3v) is 4.33. The number of rotatable bonds is 7. The van der Waals surface area contributed by atoms with Crippen molar-refractivity contribution in [1.29, 1.82) is 0 Å². The van der Waals surface area contributed by atoms with Gasteiger partial charge in [-0.2, -0.15) is 0 Å². The summed E-state index contributed by atoms with van der Waals surface area (Å²) in [4.78, 5) is 12.3. The second-order valence-electron chi connectivity index (χ2n) is 6.13. The number of hydrogen-bond donors (Lipinski definition) is 2. The molecule has 1 aromatic carbocycles. The first kappa shape index (κ1) is 16.6. The predicted octanol–water partition coefficient (Wildman–Crippen LogP) is 2.98. The molecule has 1 atom stereocenters. The Kier molecular flexibility index (Phi) is 5.90. The average Bonchev–Trinajstić information content (AvgIpc) is 3.10. The molecule has 0 aliphatic carbocycles. The first-order valence-corrected chi connectivity index (χ1v) is 8.56. The zero-order valence-electron chi connectivity index (χ0n) is 13.8. The van der Waals surface area contributed by atoms with Crippen LogP contribution in [0, 0.1) is 5.92 Å². The van der Waals surface area contributed by atoms with Crippen LogP contribution in [0.2, 0.25) is 0 Å². The van der Waals surface area contributed by atoms with E-state index >= 15 is 0 Å². The minimum atomic E-state index is -0.171. The first-order chi connectivity index (χ1) is 11.8. The highest BCUT2D eigenvalue weighted by Gasteiger charge is 2.17. The maximum absolute atomic E-state index is 12.3. The SMILES string of the molecule is O=C(NCCC1CCCNC1)c1occc1COc1ccccc1. The average molecular weight is 328 g/mol. The van der Waals surface area contributed by atoms with Crippen LogP contribution < -0.4 is 15.4 Å². The van der Waals surface area contributed by atoms with Gasteiger partial charge in [0, 0.05) is 12.1 Å². The van der Waals surface area contributed by atoms with Crippen LogP contribution in [0.15, 0.2) is 47.1 Å². The van der Waals surface area contributed by atoms with Gasteiger partial charge in [0.1, 0.15) is 12.4 Å². The molecule has 1 aliphatic heterocycles. The summed E-state index contributed by atoms with van der Waals surface area (Å²) >= 11 is 0. The molecule has 5 heteroatoms. The largest absolute Gasteiger partial charge is 0.489 e. The Labute approximate surface area is 142 Å². The Morgan fingerprint density at radius 2 is 2.17 bits per heavy atom. The molecule has 0 bridgehead atoms. The molecule has 1 fully saturated rings. The lowest BCUT2D eigenvalue weighted by atomic mass is 9.96. The van der Waals surface area contributed by atoms with Crippen LogP contribution in [0.4, 0.5) is 0 Å². The number of para-hydroxylation sites is 1. The van der Waals surface area contributed by atoms with E-state index in [0.717, 1.165) is 30.8 Å². The molecule has 1 saturated heterocycles. The highest BCUT2D eigenvalue weighted by Crippen LogP contribution is 2.16. The molecule has 1 amide bonds. The fourth-order valence-corrected chi connectivity index (χ4v) is 2.97. The van der Waals surface area contributed by atoms with Crippen molar-refractivity contribution in [1.82, 2.24) is 10.6 Å². The number of carbonyl (C=O) groups excluding carboxylic acids is 1. The molecule has 0 radical (unpaired) electrons. The molecule has 3 rings (SSSR count). The van der Waals surface area contributed by atoms with Gasteiger partial charge in [0.25, 0.3) is 5.91 Å². The van der Waals surface area contributed by atoms with E-state index in [0.29, 0.717) is 24.8 Å². The van der Waals surface area contributed by atoms with Crippen molar-refractivity contribution < 1.29 is 13.9 Å². The van der Waals surface area contributed by atoms with Crippen molar-refractivity contribution in [3.63, 3.8) is 0 Å². The van der Waals surface area contributed by atoms with Crippen LogP contribution in [0.5, 0.6) is 5.75 Å². The molecular weight excluding hydrogens is 304 g/mol. The Balaban J connectivity index is 1.47. The number of carbonyl (C=O) groups is 1. The lowest BCUT2D eigenvalue weighted by molar-refractivity contribution is 0.0919. The zero-order valence-corrected chi connectivity index (χ0v) is 13.8. The third kappa shape index (κ3) is 4.61.